The molecule has 17 heteroatoms. The Morgan fingerprint density at radius 3 is 2.01 bits per heavy atom. The van der Waals surface area contributed by atoms with Crippen molar-refractivity contribution >= 4 is 59.2 Å². The number of nitrogens with one attached hydrogen (secondary N) is 6. The van der Waals surface area contributed by atoms with Gasteiger partial charge < -0.3 is 31.5 Å². The van der Waals surface area contributed by atoms with Crippen molar-refractivity contribution in [1.29, 1.82) is 0 Å². The number of unbranched alkanes of at least 4 members (excludes halogenated alkanes) is 2. The van der Waals surface area contributed by atoms with Gasteiger partial charge in [0.15, 0.2) is 0 Å². The topological polar surface area (TPSA) is 215 Å². The summed E-state index contributed by atoms with van der Waals surface area (Å²) in [6.45, 7) is 15.1. The summed E-state index contributed by atoms with van der Waals surface area (Å²) in [5, 5.41) is 14.6. The lowest BCUT2D eigenvalue weighted by atomic mass is 9.76. The van der Waals surface area contributed by atoms with Crippen LogP contribution in [0.5, 0.6) is 0 Å². The highest BCUT2D eigenvalue weighted by atomic mass is 32.2. The summed E-state index contributed by atoms with van der Waals surface area (Å²) >= 11 is 1.14. The molecule has 1 fully saturated rings. The maximum Gasteiger partial charge on any atom is 0.256 e. The number of imide groups is 1. The van der Waals surface area contributed by atoms with Gasteiger partial charge >= 0.3 is 0 Å². The van der Waals surface area contributed by atoms with E-state index in [0.29, 0.717) is 31.4 Å². The molecular formula is C50H70N8O8S. The molecular weight excluding hydrogens is 873 g/mol. The van der Waals surface area contributed by atoms with Gasteiger partial charge in [0.1, 0.15) is 12.1 Å². The monoisotopic (exact) mass is 943 g/mol. The number of rotatable bonds is 24. The van der Waals surface area contributed by atoms with Crippen molar-refractivity contribution in [3.05, 3.63) is 89.5 Å². The Morgan fingerprint density at radius 2 is 1.45 bits per heavy atom. The Kier molecular flexibility index (Phi) is 19.1. The lowest BCUT2D eigenvalue weighted by Gasteiger charge is -2.38. The van der Waals surface area contributed by atoms with Crippen LogP contribution in [0.2, 0.25) is 0 Å². The Labute approximate surface area is 399 Å². The van der Waals surface area contributed by atoms with E-state index in [1.807, 2.05) is 89.2 Å². The van der Waals surface area contributed by atoms with Gasteiger partial charge in [-0.2, -0.15) is 0 Å². The number of carbonyl (C=O) groups is 8. The average molecular weight is 943 g/mol. The van der Waals surface area contributed by atoms with Crippen LogP contribution in [-0.2, 0) is 49.3 Å². The fraction of sp³-hybridized carbons (Fsp3) is 0.520. The molecule has 67 heavy (non-hydrogen) atoms. The van der Waals surface area contributed by atoms with Crippen molar-refractivity contribution < 1.29 is 38.4 Å². The molecule has 2 aromatic carbocycles. The van der Waals surface area contributed by atoms with E-state index in [1.54, 1.807) is 40.9 Å². The van der Waals surface area contributed by atoms with Crippen LogP contribution in [-0.4, -0.2) is 109 Å². The molecule has 16 nitrogen and oxygen atoms in total. The van der Waals surface area contributed by atoms with Crippen LogP contribution in [0.4, 0.5) is 0 Å². The number of hydrogen-bond donors (Lipinski definition) is 6. The molecule has 4 rings (SSSR count). The standard InChI is InChI=1S/C50H70N8O8S/c1-32(2)41(53-37(59)19-15-12-16-29-58-39(61)24-25-40(58)62)45(64)52-31-38(60)55-50(27-28-50)35-20-22-36(23-21-35)67-56-44(63)33(3)26-30-57(10)47(66)43(48(4,5)6)54-46(65)42(51-9)49(7,8)34-17-13-11-14-18-34/h11,13-14,17-18,20-26,32,41-43,51H,12,15-16,19,27-31H2,1-10H3,(H,52,64)(H,53,59)(H,54,65)(H,55,60)(H,56,63)/b33-26+. The second-order valence-corrected chi connectivity index (χ2v) is 20.3. The first kappa shape index (κ1) is 53.8. The van der Waals surface area contributed by atoms with Crippen LogP contribution in [0.15, 0.2) is 83.3 Å². The summed E-state index contributed by atoms with van der Waals surface area (Å²) in [7, 11) is 3.37. The first-order valence-electron chi connectivity index (χ1n) is 22.9. The molecule has 2 aromatic rings. The highest BCUT2D eigenvalue weighted by Gasteiger charge is 2.46. The molecule has 1 aliphatic heterocycles. The lowest BCUT2D eigenvalue weighted by Crippen LogP contribution is -2.60. The lowest BCUT2D eigenvalue weighted by molar-refractivity contribution is -0.139. The van der Waals surface area contributed by atoms with Crippen LogP contribution in [0.25, 0.3) is 0 Å². The molecule has 2 aliphatic rings. The number of benzene rings is 2. The Bertz CT molecular complexity index is 2160. The summed E-state index contributed by atoms with van der Waals surface area (Å²) in [6, 6.07) is 15.0. The second kappa shape index (κ2) is 23.8. The van der Waals surface area contributed by atoms with E-state index < -0.39 is 40.4 Å². The van der Waals surface area contributed by atoms with E-state index in [-0.39, 0.29) is 66.8 Å². The Hall–Kier alpha value is -5.81. The zero-order valence-electron chi connectivity index (χ0n) is 40.7. The van der Waals surface area contributed by atoms with Crippen molar-refractivity contribution in [3.8, 4) is 0 Å². The number of likely N-dealkylation sites (N-methyl/N-ethyl adjacent to an activating group) is 2. The Morgan fingerprint density at radius 1 is 0.821 bits per heavy atom. The Balaban J connectivity index is 1.21. The summed E-state index contributed by atoms with van der Waals surface area (Å²) in [6.07, 6.45) is 7.48. The van der Waals surface area contributed by atoms with Gasteiger partial charge in [-0.1, -0.05) is 103 Å². The third-order valence-electron chi connectivity index (χ3n) is 12.3. The van der Waals surface area contributed by atoms with Gasteiger partial charge in [0.2, 0.25) is 29.5 Å². The van der Waals surface area contributed by atoms with Crippen LogP contribution in [0, 0.1) is 11.3 Å². The van der Waals surface area contributed by atoms with Gasteiger partial charge in [-0.25, -0.2) is 0 Å². The summed E-state index contributed by atoms with van der Waals surface area (Å²) in [4.78, 5) is 106. The number of carbonyl (C=O) groups excluding carboxylic acids is 8. The first-order chi connectivity index (χ1) is 31.5. The van der Waals surface area contributed by atoms with Gasteiger partial charge in [0.05, 0.1) is 18.1 Å². The van der Waals surface area contributed by atoms with Gasteiger partial charge in [0, 0.05) is 54.6 Å². The van der Waals surface area contributed by atoms with Crippen LogP contribution < -0.4 is 31.3 Å². The van der Waals surface area contributed by atoms with E-state index in [9.17, 15) is 38.4 Å². The van der Waals surface area contributed by atoms with Gasteiger partial charge in [0.25, 0.3) is 17.7 Å². The van der Waals surface area contributed by atoms with Crippen molar-refractivity contribution in [2.45, 2.75) is 128 Å². The number of hydrogen-bond acceptors (Lipinski definition) is 10. The van der Waals surface area contributed by atoms with Crippen LogP contribution in [0.3, 0.4) is 0 Å². The smallest absolute Gasteiger partial charge is 0.256 e. The molecule has 0 bridgehead atoms. The minimum Gasteiger partial charge on any atom is -0.345 e. The zero-order valence-corrected chi connectivity index (χ0v) is 41.5. The van der Waals surface area contributed by atoms with E-state index in [0.717, 1.165) is 40.8 Å². The SMILES string of the molecule is CNC(C(=O)NC(C(=O)N(C)C/C=C(\C)C(=O)NSc1ccc(C2(NC(=O)CNC(=O)C(NC(=O)CCCCCN3C(=O)C=CC3=O)C(C)C)CC2)cc1)C(C)(C)C)C(C)(C)c1ccccc1. The normalized spacial score (nSPS) is 15.9. The number of nitrogens with zero attached hydrogens (tertiary/aromatic N) is 2. The van der Waals surface area contributed by atoms with Crippen LogP contribution >= 0.6 is 11.9 Å². The highest BCUT2D eigenvalue weighted by Crippen LogP contribution is 2.45. The molecule has 364 valence electrons. The molecule has 6 N–H and O–H groups in total. The molecule has 3 atom stereocenters. The third kappa shape index (κ3) is 15.1. The third-order valence-corrected chi connectivity index (χ3v) is 13.1. The van der Waals surface area contributed by atoms with Gasteiger partial charge in [-0.05, 0) is 86.2 Å². The first-order valence-corrected chi connectivity index (χ1v) is 23.8. The summed E-state index contributed by atoms with van der Waals surface area (Å²) < 4.78 is 2.84. The summed E-state index contributed by atoms with van der Waals surface area (Å²) in [5.41, 5.74) is 0.536. The molecule has 3 unspecified atom stereocenters. The minimum absolute atomic E-state index is 0.146. The van der Waals surface area contributed by atoms with Gasteiger partial charge in [-0.3, -0.25) is 48.0 Å². The molecule has 1 aliphatic carbocycles. The zero-order chi connectivity index (χ0) is 49.7. The fourth-order valence-corrected chi connectivity index (χ4v) is 8.44. The molecule has 8 amide bonds. The maximum absolute atomic E-state index is 13.8. The fourth-order valence-electron chi connectivity index (χ4n) is 7.80. The van der Waals surface area contributed by atoms with Crippen molar-refractivity contribution in [2.75, 3.05) is 33.7 Å². The molecule has 1 heterocycles. The average Bonchev–Trinajstić information content (AvgIpc) is 4.00. The molecule has 0 aromatic heterocycles. The van der Waals surface area contributed by atoms with E-state index in [2.05, 4.69) is 31.3 Å². The molecule has 0 spiro atoms. The van der Waals surface area contributed by atoms with Crippen molar-refractivity contribution in [2.24, 2.45) is 11.3 Å². The largest absolute Gasteiger partial charge is 0.345 e. The van der Waals surface area contributed by atoms with Crippen molar-refractivity contribution in [3.63, 3.8) is 0 Å². The highest BCUT2D eigenvalue weighted by molar-refractivity contribution is 7.98. The maximum atomic E-state index is 13.8. The molecule has 0 radical (unpaired) electrons. The second-order valence-electron chi connectivity index (χ2n) is 19.4. The number of amides is 8. The van der Waals surface area contributed by atoms with E-state index >= 15 is 0 Å². The van der Waals surface area contributed by atoms with Crippen LogP contribution in [0.1, 0.15) is 105 Å². The minimum atomic E-state index is -0.834. The van der Waals surface area contributed by atoms with E-state index in [1.165, 1.54) is 22.0 Å². The molecule has 1 saturated carbocycles. The predicted octanol–water partition coefficient (Wildman–Crippen LogP) is 4.16. The quantitative estimate of drug-likeness (QED) is 0.0383. The van der Waals surface area contributed by atoms with Gasteiger partial charge in [-0.15, -0.1) is 0 Å². The summed E-state index contributed by atoms with van der Waals surface area (Å²) in [5.74, 6) is -2.93. The predicted molar refractivity (Wildman–Crippen MR) is 259 cm³/mol. The van der Waals surface area contributed by atoms with Crippen molar-refractivity contribution in [1.82, 2.24) is 41.1 Å². The molecule has 0 saturated heterocycles. The van der Waals surface area contributed by atoms with E-state index in [4.69, 9.17) is 0 Å².